The lowest BCUT2D eigenvalue weighted by Crippen LogP contribution is -1.95. The van der Waals surface area contributed by atoms with Gasteiger partial charge >= 0.3 is 0 Å². The number of para-hydroxylation sites is 5. The van der Waals surface area contributed by atoms with Gasteiger partial charge in [-0.15, -0.1) is 0 Å². The van der Waals surface area contributed by atoms with Gasteiger partial charge in [0.1, 0.15) is 0 Å². The first-order chi connectivity index (χ1) is 25.3. The molecule has 0 aliphatic carbocycles. The summed E-state index contributed by atoms with van der Waals surface area (Å²) < 4.78 is 7.28. The number of fused-ring (bicyclic) bond motifs is 12. The molecule has 0 aliphatic rings. The number of nitrogens with zero attached hydrogens (tertiary/aromatic N) is 3. The van der Waals surface area contributed by atoms with Crippen molar-refractivity contribution in [1.29, 1.82) is 0 Å². The maximum atomic E-state index is 2.45. The minimum atomic E-state index is 1.16. The van der Waals surface area contributed by atoms with Gasteiger partial charge in [0.15, 0.2) is 0 Å². The van der Waals surface area contributed by atoms with Crippen molar-refractivity contribution in [1.82, 2.24) is 13.5 Å². The monoisotopic (exact) mass is 647 g/mol. The van der Waals surface area contributed by atoms with Crippen molar-refractivity contribution in [2.75, 3.05) is 0 Å². The molecule has 0 saturated carbocycles. The Balaban J connectivity index is 1.09. The zero-order valence-electron chi connectivity index (χ0n) is 27.6. The van der Waals surface area contributed by atoms with Crippen molar-refractivity contribution >= 4 is 81.7 Å². The predicted molar refractivity (Wildman–Crippen MR) is 215 cm³/mol. The maximum Gasteiger partial charge on any atom is 0.0620 e. The first-order valence-electron chi connectivity index (χ1n) is 17.6. The van der Waals surface area contributed by atoms with Gasteiger partial charge in [-0.1, -0.05) is 109 Å². The van der Waals surface area contributed by atoms with Crippen LogP contribution in [0, 0.1) is 0 Å². The maximum absolute atomic E-state index is 2.45. The number of hydrogen-bond acceptors (Lipinski definition) is 0. The van der Waals surface area contributed by atoms with Gasteiger partial charge in [0.05, 0.1) is 38.6 Å². The highest BCUT2D eigenvalue weighted by molar-refractivity contribution is 6.23. The number of hydrogen-bond donors (Lipinski definition) is 0. The smallest absolute Gasteiger partial charge is 0.0620 e. The Hall–Kier alpha value is -6.84. The zero-order chi connectivity index (χ0) is 33.2. The minimum absolute atomic E-state index is 1.16. The molecule has 0 N–H and O–H groups in total. The van der Waals surface area contributed by atoms with Gasteiger partial charge in [-0.3, -0.25) is 0 Å². The van der Waals surface area contributed by atoms with E-state index in [1.165, 1.54) is 98.5 Å². The molecule has 0 aliphatic heterocycles. The molecular weight excluding hydrogens is 619 g/mol. The minimum Gasteiger partial charge on any atom is -0.309 e. The second-order valence-corrected chi connectivity index (χ2v) is 13.8. The quantitative estimate of drug-likeness (QED) is 0.181. The van der Waals surface area contributed by atoms with Gasteiger partial charge in [0, 0.05) is 54.5 Å². The molecule has 0 radical (unpaired) electrons. The number of rotatable bonds is 3. The largest absolute Gasteiger partial charge is 0.309 e. The predicted octanol–water partition coefficient (Wildman–Crippen LogP) is 12.7. The van der Waals surface area contributed by atoms with Crippen LogP contribution in [-0.2, 0) is 0 Å². The molecule has 0 amide bonds. The van der Waals surface area contributed by atoms with Crippen LogP contribution in [-0.4, -0.2) is 13.5 Å². The van der Waals surface area contributed by atoms with Crippen LogP contribution in [0.2, 0.25) is 0 Å². The molecule has 12 rings (SSSR count). The third-order valence-corrected chi connectivity index (χ3v) is 11.2. The molecule has 3 nitrogen and oxygen atoms in total. The molecule has 0 unspecified atom stereocenters. The van der Waals surface area contributed by atoms with E-state index >= 15 is 0 Å². The lowest BCUT2D eigenvalue weighted by Gasteiger charge is -2.11. The van der Waals surface area contributed by atoms with Crippen LogP contribution in [0.15, 0.2) is 176 Å². The fourth-order valence-electron chi connectivity index (χ4n) is 9.00. The highest BCUT2D eigenvalue weighted by Gasteiger charge is 2.19. The van der Waals surface area contributed by atoms with Gasteiger partial charge in [0.25, 0.3) is 0 Å². The van der Waals surface area contributed by atoms with Crippen molar-refractivity contribution in [3.63, 3.8) is 0 Å². The molecule has 4 heterocycles. The summed E-state index contributed by atoms with van der Waals surface area (Å²) in [6.07, 6.45) is 0. The normalized spacial score (nSPS) is 12.3. The average Bonchev–Trinajstić information content (AvgIpc) is 3.92. The van der Waals surface area contributed by atoms with Crippen LogP contribution in [0.5, 0.6) is 0 Å². The summed E-state index contributed by atoms with van der Waals surface area (Å²) in [6, 6.07) is 64.7. The molecule has 0 spiro atoms. The van der Waals surface area contributed by atoms with Crippen LogP contribution in [0.3, 0.4) is 0 Å². The van der Waals surface area contributed by atoms with Crippen LogP contribution in [0.1, 0.15) is 0 Å². The summed E-state index contributed by atoms with van der Waals surface area (Å²) in [4.78, 5) is 0. The van der Waals surface area contributed by atoms with Crippen molar-refractivity contribution in [2.24, 2.45) is 0 Å². The SMILES string of the molecule is c1ccc(-n2c3ccccc3c3cc(-n4c5ccccc5c5ccc(-c6ccc7c(c6)c6cccc8c9ccccc9n7c86)cc54)ccc32)cc1. The van der Waals surface area contributed by atoms with E-state index in [1.54, 1.807) is 0 Å². The number of aromatic nitrogens is 3. The van der Waals surface area contributed by atoms with E-state index in [0.717, 1.165) is 5.69 Å². The second-order valence-electron chi connectivity index (χ2n) is 13.8. The summed E-state index contributed by atoms with van der Waals surface area (Å²) in [5.74, 6) is 0. The molecule has 0 atom stereocenters. The lowest BCUT2D eigenvalue weighted by atomic mass is 10.0. The molecule has 4 aromatic heterocycles. The Kier molecular flexibility index (Phi) is 5.23. The van der Waals surface area contributed by atoms with Gasteiger partial charge in [-0.05, 0) is 77.9 Å². The molecular formula is C48H29N3. The van der Waals surface area contributed by atoms with Crippen LogP contribution >= 0.6 is 0 Å². The Morgan fingerprint density at radius 3 is 1.53 bits per heavy atom. The van der Waals surface area contributed by atoms with Gasteiger partial charge in [-0.25, -0.2) is 0 Å². The van der Waals surface area contributed by atoms with Crippen LogP contribution in [0.4, 0.5) is 0 Å². The molecule has 51 heavy (non-hydrogen) atoms. The highest BCUT2D eigenvalue weighted by Crippen LogP contribution is 2.42. The summed E-state index contributed by atoms with van der Waals surface area (Å²) in [6.45, 7) is 0. The first-order valence-corrected chi connectivity index (χ1v) is 17.6. The summed E-state index contributed by atoms with van der Waals surface area (Å²) in [5.41, 5.74) is 13.4. The van der Waals surface area contributed by atoms with E-state index in [9.17, 15) is 0 Å². The first kappa shape index (κ1) is 27.0. The van der Waals surface area contributed by atoms with Crippen molar-refractivity contribution in [2.45, 2.75) is 0 Å². The number of benzene rings is 8. The molecule has 12 aromatic rings. The van der Waals surface area contributed by atoms with Crippen molar-refractivity contribution in [3.05, 3.63) is 176 Å². The third-order valence-electron chi connectivity index (χ3n) is 11.2. The van der Waals surface area contributed by atoms with Gasteiger partial charge in [0.2, 0.25) is 0 Å². The molecule has 0 saturated heterocycles. The Labute approximate surface area is 292 Å². The summed E-state index contributed by atoms with van der Waals surface area (Å²) >= 11 is 0. The fourth-order valence-corrected chi connectivity index (χ4v) is 9.00. The van der Waals surface area contributed by atoms with E-state index in [-0.39, 0.29) is 0 Å². The van der Waals surface area contributed by atoms with E-state index in [1.807, 2.05) is 0 Å². The van der Waals surface area contributed by atoms with Crippen LogP contribution in [0.25, 0.3) is 104 Å². The molecule has 0 bridgehead atoms. The van der Waals surface area contributed by atoms with E-state index in [4.69, 9.17) is 0 Å². The van der Waals surface area contributed by atoms with Crippen molar-refractivity contribution < 1.29 is 0 Å². The summed E-state index contributed by atoms with van der Waals surface area (Å²) in [5, 5.41) is 10.2. The summed E-state index contributed by atoms with van der Waals surface area (Å²) in [7, 11) is 0. The zero-order valence-corrected chi connectivity index (χ0v) is 27.6. The van der Waals surface area contributed by atoms with E-state index in [2.05, 4.69) is 189 Å². The van der Waals surface area contributed by atoms with Gasteiger partial charge < -0.3 is 13.5 Å². The van der Waals surface area contributed by atoms with E-state index < -0.39 is 0 Å². The topological polar surface area (TPSA) is 14.3 Å². The van der Waals surface area contributed by atoms with Gasteiger partial charge in [-0.2, -0.15) is 0 Å². The Morgan fingerprint density at radius 2 is 0.745 bits per heavy atom. The Bertz CT molecular complexity index is 3360. The average molecular weight is 648 g/mol. The Morgan fingerprint density at radius 1 is 0.255 bits per heavy atom. The fraction of sp³-hybridized carbons (Fsp3) is 0. The lowest BCUT2D eigenvalue weighted by molar-refractivity contribution is 1.17. The standard InChI is InChI=1S/C48H29N3/c1-2-11-32(12-3-1)49-43-19-8-6-15-36(43)41-29-33(23-26-45(41)49)50-42-18-7-4-13-34(42)37-24-21-31(28-47(37)50)30-22-25-46-40(27-30)39-17-10-16-38-35-14-5-9-20-44(35)51(46)48(38)39/h1-29H. The molecule has 0 fully saturated rings. The van der Waals surface area contributed by atoms with E-state index in [0.29, 0.717) is 0 Å². The van der Waals surface area contributed by atoms with Crippen molar-refractivity contribution in [3.8, 4) is 22.5 Å². The molecule has 3 heteroatoms. The third kappa shape index (κ3) is 3.57. The van der Waals surface area contributed by atoms with Crippen LogP contribution < -0.4 is 0 Å². The molecule has 8 aromatic carbocycles. The molecule has 236 valence electrons. The second kappa shape index (κ2) is 9.87. The highest BCUT2D eigenvalue weighted by atomic mass is 15.0.